The van der Waals surface area contributed by atoms with E-state index in [1.165, 1.54) is 38.8 Å². The number of nitrogens with one attached hydrogen (secondary N) is 2. The van der Waals surface area contributed by atoms with Gasteiger partial charge in [-0.3, -0.25) is 0 Å². The third-order valence-corrected chi connectivity index (χ3v) is 2.15. The Bertz CT molecular complexity index is 91.8. The van der Waals surface area contributed by atoms with Crippen molar-refractivity contribution in [3.8, 4) is 0 Å². The van der Waals surface area contributed by atoms with E-state index in [1.54, 1.807) is 0 Å². The molecule has 0 radical (unpaired) electrons. The Kier molecular flexibility index (Phi) is 1.91. The van der Waals surface area contributed by atoms with Gasteiger partial charge in [0.2, 0.25) is 0 Å². The van der Waals surface area contributed by atoms with Gasteiger partial charge in [0, 0.05) is 25.2 Å². The van der Waals surface area contributed by atoms with E-state index in [1.807, 2.05) is 0 Å². The average Bonchev–Trinajstić information content (AvgIpc) is 2.77. The largest absolute Gasteiger partial charge is 0.313 e. The van der Waals surface area contributed by atoms with Gasteiger partial charge in [0.1, 0.15) is 0 Å². The quantitative estimate of drug-likeness (QED) is 0.543. The van der Waals surface area contributed by atoms with Crippen molar-refractivity contribution in [1.29, 1.82) is 0 Å². The van der Waals surface area contributed by atoms with Gasteiger partial charge in [-0.1, -0.05) is 0 Å². The van der Waals surface area contributed by atoms with E-state index < -0.39 is 0 Å². The van der Waals surface area contributed by atoms with E-state index in [0.717, 1.165) is 12.1 Å². The van der Waals surface area contributed by atoms with E-state index in [-0.39, 0.29) is 0 Å². The molecule has 0 spiro atoms. The van der Waals surface area contributed by atoms with E-state index >= 15 is 0 Å². The van der Waals surface area contributed by atoms with E-state index in [2.05, 4.69) is 10.6 Å². The molecule has 2 fully saturated rings. The second-order valence-electron chi connectivity index (χ2n) is 3.46. The van der Waals surface area contributed by atoms with Crippen molar-refractivity contribution < 1.29 is 0 Å². The summed E-state index contributed by atoms with van der Waals surface area (Å²) in [6.45, 7) is 2.34. The van der Waals surface area contributed by atoms with Gasteiger partial charge in [-0.25, -0.2) is 0 Å². The van der Waals surface area contributed by atoms with Gasteiger partial charge in [-0.05, 0) is 25.7 Å². The highest BCUT2D eigenvalue weighted by molar-refractivity contribution is 4.83. The van der Waals surface area contributed by atoms with Crippen molar-refractivity contribution in [3.63, 3.8) is 0 Å². The molecule has 10 heavy (non-hydrogen) atoms. The molecule has 0 unspecified atom stereocenters. The zero-order valence-electron chi connectivity index (χ0n) is 6.40. The third kappa shape index (κ3) is 2.27. The van der Waals surface area contributed by atoms with Gasteiger partial charge in [0.25, 0.3) is 0 Å². The first-order valence-electron chi connectivity index (χ1n) is 4.42. The summed E-state index contributed by atoms with van der Waals surface area (Å²) < 4.78 is 0. The highest BCUT2D eigenvalue weighted by Crippen LogP contribution is 2.19. The fraction of sp³-hybridized carbons (Fsp3) is 1.00. The highest BCUT2D eigenvalue weighted by atomic mass is 15.0. The first-order valence-corrected chi connectivity index (χ1v) is 4.42. The molecule has 0 aromatic heterocycles. The van der Waals surface area contributed by atoms with Crippen molar-refractivity contribution in [2.45, 2.75) is 37.8 Å². The highest BCUT2D eigenvalue weighted by Gasteiger charge is 2.21. The molecule has 2 aliphatic rings. The summed E-state index contributed by atoms with van der Waals surface area (Å²) in [7, 11) is 0. The lowest BCUT2D eigenvalue weighted by atomic mass is 10.5. The van der Waals surface area contributed by atoms with E-state index in [0.29, 0.717) is 0 Å². The molecule has 0 aromatic rings. The summed E-state index contributed by atoms with van der Waals surface area (Å²) >= 11 is 0. The molecule has 0 saturated heterocycles. The molecule has 0 aromatic carbocycles. The Hall–Kier alpha value is -0.0800. The summed E-state index contributed by atoms with van der Waals surface area (Å²) in [4.78, 5) is 0. The maximum Gasteiger partial charge on any atom is 0.00794 e. The number of rotatable bonds is 5. The Labute approximate surface area is 62.4 Å². The average molecular weight is 140 g/mol. The van der Waals surface area contributed by atoms with Crippen LogP contribution in [0, 0.1) is 0 Å². The molecule has 2 heteroatoms. The molecule has 0 atom stereocenters. The van der Waals surface area contributed by atoms with Gasteiger partial charge in [-0.2, -0.15) is 0 Å². The van der Waals surface area contributed by atoms with Crippen LogP contribution < -0.4 is 10.6 Å². The lowest BCUT2D eigenvalue weighted by Crippen LogP contribution is -2.29. The molecule has 2 nitrogen and oxygen atoms in total. The van der Waals surface area contributed by atoms with Crippen LogP contribution in [0.3, 0.4) is 0 Å². The summed E-state index contributed by atoms with van der Waals surface area (Å²) in [5, 5.41) is 6.95. The Morgan fingerprint density at radius 3 is 1.50 bits per heavy atom. The molecule has 0 bridgehead atoms. The molecule has 0 aliphatic heterocycles. The van der Waals surface area contributed by atoms with Crippen LogP contribution in [0.2, 0.25) is 0 Å². The minimum atomic E-state index is 0.876. The first-order chi connectivity index (χ1) is 4.95. The van der Waals surface area contributed by atoms with Crippen LogP contribution in [0.25, 0.3) is 0 Å². The maximum atomic E-state index is 3.48. The maximum absolute atomic E-state index is 3.48. The zero-order valence-corrected chi connectivity index (χ0v) is 6.40. The number of hydrogen-bond acceptors (Lipinski definition) is 2. The molecule has 2 rings (SSSR count). The molecule has 2 N–H and O–H groups in total. The standard InChI is InChI=1S/C8H16N2/c1-2-7(1)9-5-6-10-8-3-4-8/h7-10H,1-6H2. The summed E-state index contributed by atoms with van der Waals surface area (Å²) in [6.07, 6.45) is 5.62. The van der Waals surface area contributed by atoms with Crippen LogP contribution in [0.1, 0.15) is 25.7 Å². The second-order valence-corrected chi connectivity index (χ2v) is 3.46. The fourth-order valence-electron chi connectivity index (χ4n) is 1.13. The van der Waals surface area contributed by atoms with Crippen LogP contribution in [0.5, 0.6) is 0 Å². The number of hydrogen-bond donors (Lipinski definition) is 2. The molecule has 2 aliphatic carbocycles. The van der Waals surface area contributed by atoms with Gasteiger partial charge in [-0.15, -0.1) is 0 Å². The molecule has 0 heterocycles. The van der Waals surface area contributed by atoms with Gasteiger partial charge < -0.3 is 10.6 Å². The summed E-state index contributed by atoms with van der Waals surface area (Å²) in [6, 6.07) is 1.75. The van der Waals surface area contributed by atoms with Crippen molar-refractivity contribution in [3.05, 3.63) is 0 Å². The van der Waals surface area contributed by atoms with E-state index in [4.69, 9.17) is 0 Å². The summed E-state index contributed by atoms with van der Waals surface area (Å²) in [5.74, 6) is 0. The SMILES string of the molecule is C(CNC1CC1)NC1CC1. The van der Waals surface area contributed by atoms with E-state index in [9.17, 15) is 0 Å². The third-order valence-electron chi connectivity index (χ3n) is 2.15. The Balaban J connectivity index is 1.40. The van der Waals surface area contributed by atoms with Gasteiger partial charge in [0.05, 0.1) is 0 Å². The minimum absolute atomic E-state index is 0.876. The fourth-order valence-corrected chi connectivity index (χ4v) is 1.13. The molecule has 58 valence electrons. The minimum Gasteiger partial charge on any atom is -0.313 e. The lowest BCUT2D eigenvalue weighted by molar-refractivity contribution is 0.606. The Morgan fingerprint density at radius 1 is 0.800 bits per heavy atom. The molecular weight excluding hydrogens is 124 g/mol. The predicted octanol–water partition coefficient (Wildman–Crippen LogP) is 0.490. The predicted molar refractivity (Wildman–Crippen MR) is 42.0 cm³/mol. The monoisotopic (exact) mass is 140 g/mol. The van der Waals surface area contributed by atoms with Crippen molar-refractivity contribution in [1.82, 2.24) is 10.6 Å². The zero-order chi connectivity index (χ0) is 6.81. The molecular formula is C8H16N2. The Morgan fingerprint density at radius 2 is 1.20 bits per heavy atom. The molecule has 0 amide bonds. The smallest absolute Gasteiger partial charge is 0.00794 e. The van der Waals surface area contributed by atoms with Crippen LogP contribution >= 0.6 is 0 Å². The van der Waals surface area contributed by atoms with Gasteiger partial charge >= 0.3 is 0 Å². The lowest BCUT2D eigenvalue weighted by Gasteiger charge is -2.02. The first kappa shape index (κ1) is 6.62. The van der Waals surface area contributed by atoms with Crippen molar-refractivity contribution >= 4 is 0 Å². The second kappa shape index (κ2) is 2.89. The summed E-state index contributed by atoms with van der Waals surface area (Å²) in [5.41, 5.74) is 0. The topological polar surface area (TPSA) is 24.1 Å². The van der Waals surface area contributed by atoms with Crippen LogP contribution in [-0.2, 0) is 0 Å². The van der Waals surface area contributed by atoms with Gasteiger partial charge in [0.15, 0.2) is 0 Å². The normalized spacial score (nSPS) is 25.2. The van der Waals surface area contributed by atoms with Crippen LogP contribution in [-0.4, -0.2) is 25.2 Å². The molecule has 2 saturated carbocycles. The van der Waals surface area contributed by atoms with Crippen molar-refractivity contribution in [2.24, 2.45) is 0 Å². The van der Waals surface area contributed by atoms with Crippen LogP contribution in [0.15, 0.2) is 0 Å². The van der Waals surface area contributed by atoms with Crippen molar-refractivity contribution in [2.75, 3.05) is 13.1 Å². The van der Waals surface area contributed by atoms with Crippen LogP contribution in [0.4, 0.5) is 0 Å².